The fraction of sp³-hybridized carbons (Fsp3) is 0.0714. The molecule has 0 aliphatic heterocycles. The summed E-state index contributed by atoms with van der Waals surface area (Å²) in [7, 11) is 1.56. The van der Waals surface area contributed by atoms with Gasteiger partial charge in [0.1, 0.15) is 5.75 Å². The lowest BCUT2D eigenvalue weighted by atomic mass is 10.0. The lowest BCUT2D eigenvalue weighted by Crippen LogP contribution is -2.04. The molecule has 0 aliphatic carbocycles. The topological polar surface area (TPSA) is 52.3 Å². The molecule has 0 aliphatic rings. The number of methoxy groups -OCH3 is 1. The molecule has 0 saturated heterocycles. The molecule has 0 aromatic heterocycles. The first-order chi connectivity index (χ1) is 8.61. The van der Waals surface area contributed by atoms with Gasteiger partial charge in [-0.1, -0.05) is 0 Å². The molecule has 2 N–H and O–H groups in total. The minimum atomic E-state index is -0.0645. The van der Waals surface area contributed by atoms with Gasteiger partial charge in [-0.2, -0.15) is 0 Å². The molecule has 0 radical (unpaired) electrons. The maximum Gasteiger partial charge on any atom is 0.196 e. The van der Waals surface area contributed by atoms with E-state index in [9.17, 15) is 4.79 Å². The van der Waals surface area contributed by atoms with Crippen molar-refractivity contribution in [1.29, 1.82) is 0 Å². The number of hydrogen-bond acceptors (Lipinski definition) is 3. The lowest BCUT2D eigenvalue weighted by molar-refractivity contribution is 0.103. The van der Waals surface area contributed by atoms with Crippen LogP contribution in [0.3, 0.4) is 0 Å². The van der Waals surface area contributed by atoms with E-state index in [1.54, 1.807) is 37.4 Å². The second-order valence-corrected chi connectivity index (χ2v) is 5.04. The zero-order valence-electron chi connectivity index (χ0n) is 9.81. The molecule has 0 fully saturated rings. The van der Waals surface area contributed by atoms with Gasteiger partial charge in [0.15, 0.2) is 5.78 Å². The monoisotopic (exact) mass is 353 g/mol. The van der Waals surface area contributed by atoms with Crippen molar-refractivity contribution < 1.29 is 9.53 Å². The van der Waals surface area contributed by atoms with E-state index >= 15 is 0 Å². The third-order valence-corrected chi connectivity index (χ3v) is 3.25. The number of rotatable bonds is 3. The predicted molar refractivity (Wildman–Crippen MR) is 80.0 cm³/mol. The summed E-state index contributed by atoms with van der Waals surface area (Å²) >= 11 is 2.17. The van der Waals surface area contributed by atoms with E-state index in [-0.39, 0.29) is 5.78 Å². The maximum absolute atomic E-state index is 12.4. The smallest absolute Gasteiger partial charge is 0.196 e. The summed E-state index contributed by atoms with van der Waals surface area (Å²) < 4.78 is 6.21. The third kappa shape index (κ3) is 2.64. The van der Waals surface area contributed by atoms with Crippen LogP contribution in [0.1, 0.15) is 15.9 Å². The van der Waals surface area contributed by atoms with Crippen LogP contribution in [0.4, 0.5) is 5.69 Å². The summed E-state index contributed by atoms with van der Waals surface area (Å²) in [6.07, 6.45) is 0. The molecule has 18 heavy (non-hydrogen) atoms. The lowest BCUT2D eigenvalue weighted by Gasteiger charge is -2.08. The van der Waals surface area contributed by atoms with Gasteiger partial charge >= 0.3 is 0 Å². The van der Waals surface area contributed by atoms with E-state index in [2.05, 4.69) is 22.6 Å². The number of ketones is 1. The number of carbonyl (C=O) groups is 1. The average molecular weight is 353 g/mol. The predicted octanol–water partition coefficient (Wildman–Crippen LogP) is 3.11. The Balaban J connectivity index is 2.45. The fourth-order valence-electron chi connectivity index (χ4n) is 1.65. The highest BCUT2D eigenvalue weighted by atomic mass is 127. The van der Waals surface area contributed by atoms with Crippen LogP contribution in [0.25, 0.3) is 0 Å². The Kier molecular flexibility index (Phi) is 3.86. The Hall–Kier alpha value is -1.56. The van der Waals surface area contributed by atoms with Crippen LogP contribution in [0, 0.1) is 3.57 Å². The molecule has 3 nitrogen and oxygen atoms in total. The number of nitrogen functional groups attached to an aromatic ring is 1. The summed E-state index contributed by atoms with van der Waals surface area (Å²) in [5.74, 6) is 0.516. The largest absolute Gasteiger partial charge is 0.496 e. The SMILES string of the molecule is COc1ccc(I)cc1C(=O)c1ccc(N)cc1. The molecular weight excluding hydrogens is 341 g/mol. The van der Waals surface area contributed by atoms with Gasteiger partial charge in [-0.15, -0.1) is 0 Å². The highest BCUT2D eigenvalue weighted by Gasteiger charge is 2.14. The van der Waals surface area contributed by atoms with Gasteiger partial charge in [0.25, 0.3) is 0 Å². The van der Waals surface area contributed by atoms with Gasteiger partial charge in [-0.3, -0.25) is 4.79 Å². The van der Waals surface area contributed by atoms with Crippen LogP contribution >= 0.6 is 22.6 Å². The zero-order chi connectivity index (χ0) is 13.1. The van der Waals surface area contributed by atoms with Crippen molar-refractivity contribution in [3.05, 3.63) is 57.2 Å². The van der Waals surface area contributed by atoms with Crippen molar-refractivity contribution in [2.75, 3.05) is 12.8 Å². The molecule has 0 atom stereocenters. The molecule has 92 valence electrons. The number of hydrogen-bond donors (Lipinski definition) is 1. The molecule has 0 heterocycles. The number of carbonyl (C=O) groups excluding carboxylic acids is 1. The van der Waals surface area contributed by atoms with Crippen molar-refractivity contribution >= 4 is 34.1 Å². The van der Waals surface area contributed by atoms with Crippen LogP contribution in [0.2, 0.25) is 0 Å². The summed E-state index contributed by atoms with van der Waals surface area (Å²) in [6, 6.07) is 12.4. The summed E-state index contributed by atoms with van der Waals surface area (Å²) in [4.78, 5) is 12.4. The second-order valence-electron chi connectivity index (χ2n) is 3.80. The Labute approximate surface area is 119 Å². The number of nitrogens with two attached hydrogens (primary N) is 1. The van der Waals surface area contributed by atoms with Gasteiger partial charge in [-0.05, 0) is 65.1 Å². The van der Waals surface area contributed by atoms with Gasteiger partial charge < -0.3 is 10.5 Å². The van der Waals surface area contributed by atoms with Gasteiger partial charge in [0, 0.05) is 14.8 Å². The van der Waals surface area contributed by atoms with E-state index < -0.39 is 0 Å². The van der Waals surface area contributed by atoms with E-state index in [0.717, 1.165) is 3.57 Å². The van der Waals surface area contributed by atoms with E-state index in [0.29, 0.717) is 22.6 Å². The van der Waals surface area contributed by atoms with E-state index in [4.69, 9.17) is 10.5 Å². The maximum atomic E-state index is 12.4. The first kappa shape index (κ1) is 12.9. The van der Waals surface area contributed by atoms with E-state index in [1.165, 1.54) is 0 Å². The quantitative estimate of drug-likeness (QED) is 0.524. The average Bonchev–Trinajstić information content (AvgIpc) is 2.39. The number of ether oxygens (including phenoxy) is 1. The highest BCUT2D eigenvalue weighted by Crippen LogP contribution is 2.24. The minimum absolute atomic E-state index is 0.0645. The molecule has 2 rings (SSSR count). The molecule has 4 heteroatoms. The summed E-state index contributed by atoms with van der Waals surface area (Å²) in [5, 5.41) is 0. The van der Waals surface area contributed by atoms with Crippen molar-refractivity contribution in [3.63, 3.8) is 0 Å². The molecule has 2 aromatic carbocycles. The molecule has 0 amide bonds. The Bertz CT molecular complexity index is 579. The normalized spacial score (nSPS) is 10.1. The molecular formula is C14H12INO2. The van der Waals surface area contributed by atoms with Gasteiger partial charge in [0.05, 0.1) is 12.7 Å². The van der Waals surface area contributed by atoms with Crippen LogP contribution in [0.15, 0.2) is 42.5 Å². The third-order valence-electron chi connectivity index (χ3n) is 2.58. The van der Waals surface area contributed by atoms with Gasteiger partial charge in [-0.25, -0.2) is 0 Å². The summed E-state index contributed by atoms with van der Waals surface area (Å²) in [6.45, 7) is 0. The molecule has 0 unspecified atom stereocenters. The Morgan fingerprint density at radius 2 is 1.83 bits per heavy atom. The summed E-state index contributed by atoms with van der Waals surface area (Å²) in [5.41, 5.74) is 7.41. The minimum Gasteiger partial charge on any atom is -0.496 e. The van der Waals surface area contributed by atoms with Crippen molar-refractivity contribution in [3.8, 4) is 5.75 Å². The Morgan fingerprint density at radius 3 is 2.44 bits per heavy atom. The van der Waals surface area contributed by atoms with Crippen molar-refractivity contribution in [2.24, 2.45) is 0 Å². The first-order valence-electron chi connectivity index (χ1n) is 5.35. The Morgan fingerprint density at radius 1 is 1.17 bits per heavy atom. The van der Waals surface area contributed by atoms with Crippen LogP contribution in [-0.4, -0.2) is 12.9 Å². The van der Waals surface area contributed by atoms with Crippen LogP contribution in [0.5, 0.6) is 5.75 Å². The second kappa shape index (κ2) is 5.39. The standard InChI is InChI=1S/C14H12INO2/c1-18-13-7-4-10(15)8-12(13)14(17)9-2-5-11(16)6-3-9/h2-8H,16H2,1H3. The fourth-order valence-corrected chi connectivity index (χ4v) is 2.14. The van der Waals surface area contributed by atoms with Crippen LogP contribution < -0.4 is 10.5 Å². The van der Waals surface area contributed by atoms with Gasteiger partial charge in [0.2, 0.25) is 0 Å². The molecule has 0 bridgehead atoms. The van der Waals surface area contributed by atoms with Crippen molar-refractivity contribution in [1.82, 2.24) is 0 Å². The molecule has 2 aromatic rings. The number of benzene rings is 2. The van der Waals surface area contributed by atoms with Crippen molar-refractivity contribution in [2.45, 2.75) is 0 Å². The van der Waals surface area contributed by atoms with E-state index in [1.807, 2.05) is 12.1 Å². The number of anilines is 1. The first-order valence-corrected chi connectivity index (χ1v) is 6.43. The molecule has 0 saturated carbocycles. The zero-order valence-corrected chi connectivity index (χ0v) is 12.0. The number of halogens is 1. The molecule has 0 spiro atoms. The van der Waals surface area contributed by atoms with Crippen LogP contribution in [-0.2, 0) is 0 Å². The highest BCUT2D eigenvalue weighted by molar-refractivity contribution is 14.1.